The number of halogens is 3. The molecule has 0 fully saturated rings. The van der Waals surface area contributed by atoms with E-state index < -0.39 is 17.1 Å². The predicted octanol–water partition coefficient (Wildman–Crippen LogP) is 2.78. The Morgan fingerprint density at radius 2 is 1.82 bits per heavy atom. The number of fused-ring (bicyclic) bond motifs is 1. The Balaban J connectivity index is 1.87. The van der Waals surface area contributed by atoms with E-state index in [9.17, 15) is 14.0 Å². The molecule has 2 aromatic rings. The summed E-state index contributed by atoms with van der Waals surface area (Å²) >= 11 is 11.4. The zero-order valence-electron chi connectivity index (χ0n) is 14.0. The Kier molecular flexibility index (Phi) is 4.66. The van der Waals surface area contributed by atoms with Crippen molar-refractivity contribution in [2.75, 3.05) is 0 Å². The zero-order chi connectivity index (χ0) is 19.8. The molecule has 0 N–H and O–H groups in total. The first-order valence-electron chi connectivity index (χ1n) is 7.98. The molecule has 0 bridgehead atoms. The third-order valence-electron chi connectivity index (χ3n) is 4.06. The fourth-order valence-electron chi connectivity index (χ4n) is 2.78. The molecule has 4 rings (SSSR count). The van der Waals surface area contributed by atoms with E-state index in [0.717, 1.165) is 10.6 Å². The molecular weight excluding hydrogens is 408 g/mol. The summed E-state index contributed by atoms with van der Waals surface area (Å²) in [6, 6.07) is 6.86. The molecule has 0 unspecified atom stereocenters. The van der Waals surface area contributed by atoms with Gasteiger partial charge in [0.25, 0.3) is 5.56 Å². The Labute approximate surface area is 167 Å². The second-order valence-electron chi connectivity index (χ2n) is 5.87. The van der Waals surface area contributed by atoms with E-state index in [-0.39, 0.29) is 33.9 Å². The number of rotatable bonds is 3. The minimum Gasteiger partial charge on any atom is -0.328 e. The van der Waals surface area contributed by atoms with E-state index in [1.165, 1.54) is 24.5 Å². The maximum Gasteiger partial charge on any atom is 0.357 e. The van der Waals surface area contributed by atoms with E-state index in [4.69, 9.17) is 23.2 Å². The van der Waals surface area contributed by atoms with E-state index in [1.54, 1.807) is 22.9 Å². The first kappa shape index (κ1) is 18.3. The van der Waals surface area contributed by atoms with Gasteiger partial charge in [0.1, 0.15) is 5.82 Å². The van der Waals surface area contributed by atoms with Gasteiger partial charge >= 0.3 is 5.69 Å². The SMILES string of the molecule is O=c1nc2n(Cc3cnc(Cl)nc3)cccc-2c(=O)n1-c1ccc(Cl)c(F)c1. The summed E-state index contributed by atoms with van der Waals surface area (Å²) in [5.74, 6) is -0.547. The highest BCUT2D eigenvalue weighted by Crippen LogP contribution is 2.19. The van der Waals surface area contributed by atoms with Gasteiger partial charge < -0.3 is 4.57 Å². The third kappa shape index (κ3) is 3.28. The van der Waals surface area contributed by atoms with Crippen molar-refractivity contribution in [2.24, 2.45) is 0 Å². The number of hydrogen-bond acceptors (Lipinski definition) is 5. The fourth-order valence-corrected chi connectivity index (χ4v) is 2.99. The molecule has 0 amide bonds. The van der Waals surface area contributed by atoms with Gasteiger partial charge in [-0.1, -0.05) is 11.6 Å². The molecular formula is C18H10Cl2FN5O2. The highest BCUT2D eigenvalue weighted by atomic mass is 35.5. The molecule has 3 heterocycles. The summed E-state index contributed by atoms with van der Waals surface area (Å²) in [5.41, 5.74) is -0.481. The number of nitrogens with zero attached hydrogens (tertiary/aromatic N) is 5. The van der Waals surface area contributed by atoms with Crippen LogP contribution in [-0.4, -0.2) is 24.1 Å². The van der Waals surface area contributed by atoms with Gasteiger partial charge in [0.2, 0.25) is 5.28 Å². The normalized spacial score (nSPS) is 11.1. The maximum atomic E-state index is 13.8. The van der Waals surface area contributed by atoms with Gasteiger partial charge in [-0.15, -0.1) is 0 Å². The van der Waals surface area contributed by atoms with Crippen LogP contribution < -0.4 is 11.2 Å². The summed E-state index contributed by atoms with van der Waals surface area (Å²) in [5, 5.41) is 0.00532. The predicted molar refractivity (Wildman–Crippen MR) is 102 cm³/mol. The molecule has 0 spiro atoms. The average molecular weight is 418 g/mol. The summed E-state index contributed by atoms with van der Waals surface area (Å²) in [7, 11) is 0. The number of aromatic nitrogens is 5. The first-order chi connectivity index (χ1) is 13.4. The number of benzene rings is 1. The van der Waals surface area contributed by atoms with Crippen LogP contribution in [0, 0.1) is 5.82 Å². The van der Waals surface area contributed by atoms with Crippen LogP contribution in [0.1, 0.15) is 5.56 Å². The number of pyridine rings is 1. The quantitative estimate of drug-likeness (QED) is 0.478. The monoisotopic (exact) mass is 417 g/mol. The van der Waals surface area contributed by atoms with Gasteiger partial charge in [-0.2, -0.15) is 4.98 Å². The molecule has 0 atom stereocenters. The smallest absolute Gasteiger partial charge is 0.328 e. The molecule has 0 saturated heterocycles. The van der Waals surface area contributed by atoms with Gasteiger partial charge in [0.15, 0.2) is 5.82 Å². The van der Waals surface area contributed by atoms with Crippen molar-refractivity contribution in [2.45, 2.75) is 6.54 Å². The van der Waals surface area contributed by atoms with Crippen LogP contribution in [0.2, 0.25) is 10.3 Å². The highest BCUT2D eigenvalue weighted by molar-refractivity contribution is 6.30. The molecule has 140 valence electrons. The van der Waals surface area contributed by atoms with E-state index in [1.807, 2.05) is 0 Å². The minimum atomic E-state index is -0.827. The molecule has 2 aliphatic rings. The van der Waals surface area contributed by atoms with Crippen molar-refractivity contribution in [1.29, 1.82) is 0 Å². The van der Waals surface area contributed by atoms with Gasteiger partial charge in [0.05, 0.1) is 22.8 Å². The molecule has 1 aromatic carbocycles. The fraction of sp³-hybridized carbons (Fsp3) is 0.0556. The molecule has 7 nitrogen and oxygen atoms in total. The summed E-state index contributed by atoms with van der Waals surface area (Å²) in [4.78, 5) is 37.3. The van der Waals surface area contributed by atoms with Crippen molar-refractivity contribution < 1.29 is 4.39 Å². The first-order valence-corrected chi connectivity index (χ1v) is 8.74. The van der Waals surface area contributed by atoms with Crippen molar-refractivity contribution in [1.82, 2.24) is 24.1 Å². The second-order valence-corrected chi connectivity index (χ2v) is 6.61. The lowest BCUT2D eigenvalue weighted by Crippen LogP contribution is -2.36. The van der Waals surface area contributed by atoms with Crippen LogP contribution in [0.5, 0.6) is 0 Å². The summed E-state index contributed by atoms with van der Waals surface area (Å²) in [6.07, 6.45) is 4.75. The molecule has 1 aromatic heterocycles. The molecule has 2 aliphatic heterocycles. The molecule has 10 heteroatoms. The van der Waals surface area contributed by atoms with Crippen LogP contribution in [0.25, 0.3) is 17.1 Å². The Bertz CT molecular complexity index is 1270. The van der Waals surface area contributed by atoms with Gasteiger partial charge in [-0.05, 0) is 41.9 Å². The van der Waals surface area contributed by atoms with Crippen molar-refractivity contribution in [3.05, 3.63) is 91.4 Å². The van der Waals surface area contributed by atoms with E-state index in [0.29, 0.717) is 5.56 Å². The average Bonchev–Trinajstić information content (AvgIpc) is 2.67. The van der Waals surface area contributed by atoms with Crippen LogP contribution in [-0.2, 0) is 6.54 Å². The van der Waals surface area contributed by atoms with Gasteiger partial charge in [-0.3, -0.25) is 4.79 Å². The van der Waals surface area contributed by atoms with Crippen LogP contribution >= 0.6 is 23.2 Å². The van der Waals surface area contributed by atoms with E-state index >= 15 is 0 Å². The van der Waals surface area contributed by atoms with Crippen molar-refractivity contribution in [3.63, 3.8) is 0 Å². The molecule has 0 aliphatic carbocycles. The second kappa shape index (κ2) is 7.14. The van der Waals surface area contributed by atoms with Crippen LogP contribution in [0.15, 0.2) is 58.5 Å². The van der Waals surface area contributed by atoms with Crippen molar-refractivity contribution >= 4 is 23.2 Å². The van der Waals surface area contributed by atoms with Gasteiger partial charge in [-0.25, -0.2) is 23.7 Å². The molecule has 0 saturated carbocycles. The third-order valence-corrected chi connectivity index (χ3v) is 4.56. The van der Waals surface area contributed by atoms with Crippen LogP contribution in [0.4, 0.5) is 4.39 Å². The molecule has 28 heavy (non-hydrogen) atoms. The lowest BCUT2D eigenvalue weighted by Gasteiger charge is -2.15. The Morgan fingerprint density at radius 3 is 2.54 bits per heavy atom. The lowest BCUT2D eigenvalue weighted by molar-refractivity contribution is 0.626. The van der Waals surface area contributed by atoms with E-state index in [2.05, 4.69) is 15.0 Å². The largest absolute Gasteiger partial charge is 0.357 e. The lowest BCUT2D eigenvalue weighted by atomic mass is 10.2. The number of hydrogen-bond donors (Lipinski definition) is 0. The molecule has 0 radical (unpaired) electrons. The summed E-state index contributed by atoms with van der Waals surface area (Å²) < 4.78 is 16.2. The minimum absolute atomic E-state index is 0.0489. The topological polar surface area (TPSA) is 82.7 Å². The Morgan fingerprint density at radius 1 is 1.07 bits per heavy atom. The van der Waals surface area contributed by atoms with Crippen LogP contribution in [0.3, 0.4) is 0 Å². The Hall–Kier alpha value is -3.10. The standard InChI is InChI=1S/C18H10Cl2FN5O2/c19-13-4-3-11(6-14(13)21)26-16(27)12-2-1-5-25(15(12)24-18(26)28)9-10-7-22-17(20)23-8-10/h1-8H,9H2. The highest BCUT2D eigenvalue weighted by Gasteiger charge is 2.18. The maximum absolute atomic E-state index is 13.8. The van der Waals surface area contributed by atoms with Crippen molar-refractivity contribution in [3.8, 4) is 17.1 Å². The zero-order valence-corrected chi connectivity index (χ0v) is 15.5. The summed E-state index contributed by atoms with van der Waals surface area (Å²) in [6.45, 7) is 0.278. The van der Waals surface area contributed by atoms with Gasteiger partial charge in [0, 0.05) is 24.2 Å².